The third-order valence-electron chi connectivity index (χ3n) is 6.87. The van der Waals surface area contributed by atoms with Crippen LogP contribution in [-0.4, -0.2) is 58.7 Å². The first-order valence-electron chi connectivity index (χ1n) is 12.0. The van der Waals surface area contributed by atoms with Crippen LogP contribution < -0.4 is 4.90 Å². The minimum absolute atomic E-state index is 0.0506. The van der Waals surface area contributed by atoms with E-state index in [1.165, 1.54) is 4.90 Å². The highest BCUT2D eigenvalue weighted by Gasteiger charge is 2.35. The van der Waals surface area contributed by atoms with E-state index in [0.29, 0.717) is 42.9 Å². The predicted molar refractivity (Wildman–Crippen MR) is 137 cm³/mol. The maximum absolute atomic E-state index is 13.3. The molecule has 1 fully saturated rings. The van der Waals surface area contributed by atoms with Gasteiger partial charge in [-0.05, 0) is 48.0 Å². The summed E-state index contributed by atoms with van der Waals surface area (Å²) < 4.78 is 0. The van der Waals surface area contributed by atoms with Crippen LogP contribution >= 0.6 is 0 Å². The molecule has 178 valence electrons. The zero-order valence-electron chi connectivity index (χ0n) is 19.6. The molecule has 1 saturated heterocycles. The van der Waals surface area contributed by atoms with Crippen LogP contribution in [0.4, 0.5) is 5.82 Å². The van der Waals surface area contributed by atoms with Gasteiger partial charge in [-0.15, -0.1) is 0 Å². The largest absolute Gasteiger partial charge is 0.353 e. The van der Waals surface area contributed by atoms with E-state index >= 15 is 0 Å². The lowest BCUT2D eigenvalue weighted by atomic mass is 10.1. The minimum atomic E-state index is -0.300. The van der Waals surface area contributed by atoms with Gasteiger partial charge in [-0.1, -0.05) is 42.5 Å². The Bertz CT molecular complexity index is 1470. The number of benzene rings is 3. The van der Waals surface area contributed by atoms with Gasteiger partial charge in [0.25, 0.3) is 17.7 Å². The third kappa shape index (κ3) is 3.88. The van der Waals surface area contributed by atoms with Crippen molar-refractivity contribution in [3.63, 3.8) is 0 Å². The summed E-state index contributed by atoms with van der Waals surface area (Å²) in [6.45, 7) is 2.72. The highest BCUT2D eigenvalue weighted by Crippen LogP contribution is 2.25. The Kier molecular flexibility index (Phi) is 5.45. The molecule has 3 aromatic carbocycles. The number of anilines is 1. The van der Waals surface area contributed by atoms with E-state index in [9.17, 15) is 14.4 Å². The summed E-state index contributed by atoms with van der Waals surface area (Å²) in [4.78, 5) is 48.8. The van der Waals surface area contributed by atoms with Crippen molar-refractivity contribution in [2.24, 2.45) is 0 Å². The molecule has 0 N–H and O–H groups in total. The lowest BCUT2D eigenvalue weighted by Gasteiger charge is -2.35. The number of aromatic nitrogens is 1. The van der Waals surface area contributed by atoms with Crippen LogP contribution in [0.5, 0.6) is 0 Å². The molecule has 1 aromatic heterocycles. The molecule has 3 amide bonds. The topological polar surface area (TPSA) is 73.8 Å². The van der Waals surface area contributed by atoms with Gasteiger partial charge in [0.2, 0.25) is 0 Å². The van der Waals surface area contributed by atoms with Gasteiger partial charge < -0.3 is 9.80 Å². The number of hydrogen-bond acceptors (Lipinski definition) is 5. The average Bonchev–Trinajstić information content (AvgIpc) is 3.17. The standard InChI is InChI=1S/C29H24N4O3/c34-27(32-16-14-31(15-17-32)26-13-12-21-7-1-4-11-25(21)30-26)22-8-5-6-20(18-22)19-33-28(35)23-9-2-3-10-24(23)29(33)36/h1-13,18H,14-17,19H2. The van der Waals surface area contributed by atoms with Crippen LogP contribution in [0.2, 0.25) is 0 Å². The first-order valence-corrected chi connectivity index (χ1v) is 12.0. The Morgan fingerprint density at radius 2 is 1.44 bits per heavy atom. The Hall–Kier alpha value is -4.52. The summed E-state index contributed by atoms with van der Waals surface area (Å²) in [5.41, 5.74) is 3.11. The van der Waals surface area contributed by atoms with Gasteiger partial charge in [0.1, 0.15) is 5.82 Å². The normalized spacial score (nSPS) is 15.5. The number of rotatable bonds is 4. The SMILES string of the molecule is O=C(c1cccc(CN2C(=O)c3ccccc3C2=O)c1)N1CCN(c2ccc3ccccc3n2)CC1. The molecule has 0 spiro atoms. The first kappa shape index (κ1) is 22.0. The summed E-state index contributed by atoms with van der Waals surface area (Å²) in [6.07, 6.45) is 0. The van der Waals surface area contributed by atoms with Gasteiger partial charge >= 0.3 is 0 Å². The maximum atomic E-state index is 13.3. The van der Waals surface area contributed by atoms with Crippen molar-refractivity contribution in [1.29, 1.82) is 0 Å². The summed E-state index contributed by atoms with van der Waals surface area (Å²) in [6, 6.07) is 26.2. The summed E-state index contributed by atoms with van der Waals surface area (Å²) in [5, 5.41) is 1.11. The first-order chi connectivity index (χ1) is 17.6. The smallest absolute Gasteiger partial charge is 0.261 e. The van der Waals surface area contributed by atoms with Crippen LogP contribution in [0.15, 0.2) is 84.9 Å². The number of hydrogen-bond donors (Lipinski definition) is 0. The molecule has 0 aliphatic carbocycles. The fourth-order valence-corrected chi connectivity index (χ4v) is 4.92. The zero-order chi connectivity index (χ0) is 24.6. The highest BCUT2D eigenvalue weighted by molar-refractivity contribution is 6.21. The summed E-state index contributed by atoms with van der Waals surface area (Å²) >= 11 is 0. The highest BCUT2D eigenvalue weighted by atomic mass is 16.2. The number of amides is 3. The van der Waals surface area contributed by atoms with Gasteiger partial charge in [-0.2, -0.15) is 0 Å². The lowest BCUT2D eigenvalue weighted by molar-refractivity contribution is 0.0642. The molecular weight excluding hydrogens is 452 g/mol. The van der Waals surface area contributed by atoms with E-state index in [1.807, 2.05) is 41.3 Å². The van der Waals surface area contributed by atoms with Crippen molar-refractivity contribution in [3.05, 3.63) is 107 Å². The number of pyridine rings is 1. The van der Waals surface area contributed by atoms with Crippen molar-refractivity contribution in [2.75, 3.05) is 31.1 Å². The Labute approximate surface area is 208 Å². The fraction of sp³-hybridized carbons (Fsp3) is 0.172. The van der Waals surface area contributed by atoms with Crippen LogP contribution in [0, 0.1) is 0 Å². The molecule has 6 rings (SSSR count). The Morgan fingerprint density at radius 3 is 2.19 bits per heavy atom. The van der Waals surface area contributed by atoms with E-state index < -0.39 is 0 Å². The van der Waals surface area contributed by atoms with Crippen LogP contribution in [0.25, 0.3) is 10.9 Å². The van der Waals surface area contributed by atoms with Crippen molar-refractivity contribution < 1.29 is 14.4 Å². The van der Waals surface area contributed by atoms with E-state index in [-0.39, 0.29) is 24.3 Å². The van der Waals surface area contributed by atoms with E-state index in [0.717, 1.165) is 22.3 Å². The lowest BCUT2D eigenvalue weighted by Crippen LogP contribution is -2.49. The molecule has 7 heteroatoms. The fourth-order valence-electron chi connectivity index (χ4n) is 4.92. The van der Waals surface area contributed by atoms with Gasteiger partial charge in [0.05, 0.1) is 23.2 Å². The van der Waals surface area contributed by atoms with Gasteiger partial charge in [0.15, 0.2) is 0 Å². The van der Waals surface area contributed by atoms with Gasteiger partial charge in [-0.25, -0.2) is 4.98 Å². The molecule has 0 atom stereocenters. The molecular formula is C29H24N4O3. The molecule has 2 aliphatic rings. The van der Waals surface area contributed by atoms with Crippen molar-refractivity contribution in [1.82, 2.24) is 14.8 Å². The zero-order valence-corrected chi connectivity index (χ0v) is 19.6. The van der Waals surface area contributed by atoms with Gasteiger partial charge in [0, 0.05) is 37.1 Å². The molecule has 3 heterocycles. The van der Waals surface area contributed by atoms with Crippen LogP contribution in [-0.2, 0) is 6.54 Å². The molecule has 2 aliphatic heterocycles. The number of piperazine rings is 1. The van der Waals surface area contributed by atoms with E-state index in [2.05, 4.69) is 11.0 Å². The second-order valence-corrected chi connectivity index (χ2v) is 9.08. The van der Waals surface area contributed by atoms with Crippen molar-refractivity contribution in [2.45, 2.75) is 6.54 Å². The molecule has 0 unspecified atom stereocenters. The summed E-state index contributed by atoms with van der Waals surface area (Å²) in [7, 11) is 0. The molecule has 36 heavy (non-hydrogen) atoms. The Morgan fingerprint density at radius 1 is 0.750 bits per heavy atom. The van der Waals surface area contributed by atoms with Crippen LogP contribution in [0.1, 0.15) is 36.6 Å². The van der Waals surface area contributed by atoms with Crippen molar-refractivity contribution in [3.8, 4) is 0 Å². The number of imide groups is 1. The van der Waals surface area contributed by atoms with Crippen molar-refractivity contribution >= 4 is 34.4 Å². The number of fused-ring (bicyclic) bond motifs is 2. The second-order valence-electron chi connectivity index (χ2n) is 9.08. The second kappa shape index (κ2) is 8.92. The maximum Gasteiger partial charge on any atom is 0.261 e. The average molecular weight is 477 g/mol. The monoisotopic (exact) mass is 476 g/mol. The minimum Gasteiger partial charge on any atom is -0.353 e. The number of para-hydroxylation sites is 1. The van der Waals surface area contributed by atoms with E-state index in [1.54, 1.807) is 42.5 Å². The number of carbonyl (C=O) groups is 3. The predicted octanol–water partition coefficient (Wildman–Crippen LogP) is 3.99. The number of nitrogens with zero attached hydrogens (tertiary/aromatic N) is 4. The molecule has 4 aromatic rings. The molecule has 0 saturated carbocycles. The van der Waals surface area contributed by atoms with E-state index in [4.69, 9.17) is 4.98 Å². The number of carbonyl (C=O) groups excluding carboxylic acids is 3. The molecule has 0 bridgehead atoms. The Balaban J connectivity index is 1.12. The summed E-state index contributed by atoms with van der Waals surface area (Å²) in [5.74, 6) is 0.269. The van der Waals surface area contributed by atoms with Crippen LogP contribution in [0.3, 0.4) is 0 Å². The third-order valence-corrected chi connectivity index (χ3v) is 6.87. The quantitative estimate of drug-likeness (QED) is 0.417. The molecule has 7 nitrogen and oxygen atoms in total. The van der Waals surface area contributed by atoms with Gasteiger partial charge in [-0.3, -0.25) is 19.3 Å². The molecule has 0 radical (unpaired) electrons.